The Morgan fingerprint density at radius 3 is 2.44 bits per heavy atom. The van der Waals surface area contributed by atoms with Gasteiger partial charge in [-0.15, -0.1) is 11.3 Å². The van der Waals surface area contributed by atoms with Gasteiger partial charge in [-0.1, -0.05) is 48.0 Å². The lowest BCUT2D eigenvalue weighted by Crippen LogP contribution is -2.23. The van der Waals surface area contributed by atoms with Crippen LogP contribution in [0.3, 0.4) is 0 Å². The van der Waals surface area contributed by atoms with Crippen molar-refractivity contribution in [1.82, 2.24) is 4.90 Å². The number of benzene rings is 2. The molecule has 0 bridgehead atoms. The summed E-state index contributed by atoms with van der Waals surface area (Å²) in [5, 5.41) is 0.702. The topological polar surface area (TPSA) is 32.7 Å². The smallest absolute Gasteiger partial charge is 0.266 e. The van der Waals surface area contributed by atoms with Crippen molar-refractivity contribution in [2.24, 2.45) is 4.99 Å². The molecule has 1 amide bonds. The van der Waals surface area contributed by atoms with E-state index in [1.807, 2.05) is 36.4 Å². The summed E-state index contributed by atoms with van der Waals surface area (Å²) in [6, 6.07) is 22.4. The van der Waals surface area contributed by atoms with Crippen LogP contribution in [0.2, 0.25) is 0 Å². The summed E-state index contributed by atoms with van der Waals surface area (Å²) in [7, 11) is 1.77. The maximum absolute atomic E-state index is 12.6. The molecule has 0 saturated carbocycles. The van der Waals surface area contributed by atoms with Gasteiger partial charge in [-0.25, -0.2) is 4.99 Å². The first-order valence-corrected chi connectivity index (χ1v) is 10.2. The van der Waals surface area contributed by atoms with Crippen LogP contribution < -0.4 is 0 Å². The van der Waals surface area contributed by atoms with E-state index < -0.39 is 0 Å². The molecule has 0 spiro atoms. The van der Waals surface area contributed by atoms with Gasteiger partial charge in [0.05, 0.1) is 10.6 Å². The van der Waals surface area contributed by atoms with E-state index >= 15 is 0 Å². The van der Waals surface area contributed by atoms with Crippen molar-refractivity contribution in [2.75, 3.05) is 7.05 Å². The first-order valence-electron chi connectivity index (χ1n) is 8.58. The second-order valence-electron chi connectivity index (χ2n) is 6.27. The van der Waals surface area contributed by atoms with Crippen LogP contribution in [0.5, 0.6) is 0 Å². The van der Waals surface area contributed by atoms with Gasteiger partial charge in [-0.3, -0.25) is 9.69 Å². The lowest BCUT2D eigenvalue weighted by molar-refractivity contribution is -0.121. The minimum Gasteiger partial charge on any atom is -0.290 e. The average Bonchev–Trinajstić information content (AvgIpc) is 3.24. The molecule has 0 radical (unpaired) electrons. The number of aliphatic imine (C=N–C) groups is 1. The summed E-state index contributed by atoms with van der Waals surface area (Å²) < 4.78 is 0. The van der Waals surface area contributed by atoms with E-state index in [1.165, 1.54) is 27.8 Å². The van der Waals surface area contributed by atoms with Gasteiger partial charge in [-0.2, -0.15) is 0 Å². The van der Waals surface area contributed by atoms with Crippen molar-refractivity contribution in [2.45, 2.75) is 6.92 Å². The molecule has 1 aromatic heterocycles. The van der Waals surface area contributed by atoms with Gasteiger partial charge < -0.3 is 0 Å². The molecule has 1 fully saturated rings. The summed E-state index contributed by atoms with van der Waals surface area (Å²) in [5.74, 6) is -0.0139. The van der Waals surface area contributed by atoms with Crippen molar-refractivity contribution < 1.29 is 4.79 Å². The zero-order valence-electron chi connectivity index (χ0n) is 15.0. The average molecular weight is 391 g/mol. The Balaban J connectivity index is 1.58. The van der Waals surface area contributed by atoms with Gasteiger partial charge in [0.15, 0.2) is 5.17 Å². The van der Waals surface area contributed by atoms with Crippen LogP contribution in [0.25, 0.3) is 16.5 Å². The number of nitrogens with zero attached hydrogens (tertiary/aromatic N) is 2. The van der Waals surface area contributed by atoms with Crippen LogP contribution in [-0.2, 0) is 4.79 Å². The van der Waals surface area contributed by atoms with Crippen LogP contribution in [0, 0.1) is 6.92 Å². The van der Waals surface area contributed by atoms with E-state index in [2.05, 4.69) is 48.3 Å². The van der Waals surface area contributed by atoms with Gasteiger partial charge >= 0.3 is 0 Å². The van der Waals surface area contributed by atoms with Crippen molar-refractivity contribution >= 4 is 45.9 Å². The number of carbonyl (C=O) groups excluding carboxylic acids is 1. The number of hydrogen-bond donors (Lipinski definition) is 0. The normalized spacial score (nSPS) is 17.3. The first-order chi connectivity index (χ1) is 13.1. The van der Waals surface area contributed by atoms with E-state index in [4.69, 9.17) is 0 Å². The predicted octanol–water partition coefficient (Wildman–Crippen LogP) is 5.96. The molecule has 1 aliphatic rings. The second kappa shape index (κ2) is 7.55. The number of thiophene rings is 1. The quantitative estimate of drug-likeness (QED) is 0.517. The Bertz CT molecular complexity index is 1030. The van der Waals surface area contributed by atoms with E-state index in [9.17, 15) is 4.79 Å². The fourth-order valence-corrected chi connectivity index (χ4v) is 4.71. The first kappa shape index (κ1) is 17.8. The van der Waals surface area contributed by atoms with Crippen LogP contribution >= 0.6 is 23.1 Å². The monoisotopic (exact) mass is 390 g/mol. The van der Waals surface area contributed by atoms with Gasteiger partial charge in [0.25, 0.3) is 5.91 Å². The number of rotatable bonds is 3. The second-order valence-corrected chi connectivity index (χ2v) is 8.40. The molecule has 27 heavy (non-hydrogen) atoms. The number of likely N-dealkylation sites (N-methyl/N-ethyl adjacent to an activating group) is 1. The number of aryl methyl sites for hydroxylation is 1. The number of carbonyl (C=O) groups is 1. The van der Waals surface area contributed by atoms with E-state index in [0.717, 1.165) is 10.6 Å². The number of para-hydroxylation sites is 1. The number of thioether (sulfide) groups is 1. The molecule has 3 nitrogen and oxygen atoms in total. The predicted molar refractivity (Wildman–Crippen MR) is 116 cm³/mol. The summed E-state index contributed by atoms with van der Waals surface area (Å²) in [6.07, 6.45) is 1.96. The molecule has 2 aromatic carbocycles. The third kappa shape index (κ3) is 3.89. The van der Waals surface area contributed by atoms with E-state index in [0.29, 0.717) is 10.1 Å². The van der Waals surface area contributed by atoms with Crippen LogP contribution in [-0.4, -0.2) is 23.0 Å². The Morgan fingerprint density at radius 2 is 1.70 bits per heavy atom. The lowest BCUT2D eigenvalue weighted by atomic mass is 10.1. The Morgan fingerprint density at radius 1 is 0.963 bits per heavy atom. The lowest BCUT2D eigenvalue weighted by Gasteiger charge is -2.06. The SMILES string of the molecule is Cc1ccc(-c2ccc(/C=C3\S/C(=N/c4ccccc4)N(C)C3=O)s2)cc1. The molecule has 0 unspecified atom stereocenters. The maximum atomic E-state index is 12.6. The third-order valence-corrected chi connectivity index (χ3v) is 6.36. The third-order valence-electron chi connectivity index (χ3n) is 4.22. The minimum absolute atomic E-state index is 0.0139. The fourth-order valence-electron chi connectivity index (χ4n) is 2.70. The zero-order chi connectivity index (χ0) is 18.8. The van der Waals surface area contributed by atoms with Crippen molar-refractivity contribution in [1.29, 1.82) is 0 Å². The van der Waals surface area contributed by atoms with Gasteiger partial charge in [0.2, 0.25) is 0 Å². The molecular weight excluding hydrogens is 372 g/mol. The Labute approximate surface area is 167 Å². The molecule has 3 aromatic rings. The van der Waals surface area contributed by atoms with Crippen LogP contribution in [0.1, 0.15) is 10.4 Å². The standard InChI is InChI=1S/C22H18N2OS2/c1-15-8-10-16(11-9-15)19-13-12-18(26-19)14-20-21(25)24(2)22(27-20)23-17-6-4-3-5-7-17/h3-14H,1-2H3/b20-14-,23-22+. The maximum Gasteiger partial charge on any atom is 0.266 e. The zero-order valence-corrected chi connectivity index (χ0v) is 16.7. The van der Waals surface area contributed by atoms with Gasteiger partial charge in [-0.05, 0) is 54.6 Å². The largest absolute Gasteiger partial charge is 0.290 e. The summed E-state index contributed by atoms with van der Waals surface area (Å²) in [5.41, 5.74) is 3.29. The number of amidine groups is 1. The molecule has 0 atom stereocenters. The van der Waals surface area contributed by atoms with Crippen LogP contribution in [0.15, 0.2) is 76.6 Å². The molecular formula is C22H18N2OS2. The minimum atomic E-state index is -0.0139. The van der Waals surface area contributed by atoms with Crippen LogP contribution in [0.4, 0.5) is 5.69 Å². The van der Waals surface area contributed by atoms with E-state index in [1.54, 1.807) is 23.3 Å². The molecule has 1 saturated heterocycles. The summed E-state index contributed by atoms with van der Waals surface area (Å²) in [4.78, 5) is 21.7. The molecule has 4 rings (SSSR count). The molecule has 134 valence electrons. The highest BCUT2D eigenvalue weighted by Crippen LogP contribution is 2.36. The van der Waals surface area contributed by atoms with Crippen molar-refractivity contribution in [3.05, 3.63) is 82.1 Å². The highest BCUT2D eigenvalue weighted by atomic mass is 32.2. The molecule has 0 N–H and O–H groups in total. The fraction of sp³-hybridized carbons (Fsp3) is 0.0909. The van der Waals surface area contributed by atoms with Crippen molar-refractivity contribution in [3.63, 3.8) is 0 Å². The molecule has 0 aliphatic carbocycles. The molecule has 2 heterocycles. The van der Waals surface area contributed by atoms with E-state index in [-0.39, 0.29) is 5.91 Å². The number of hydrogen-bond acceptors (Lipinski definition) is 4. The molecule has 5 heteroatoms. The Kier molecular flexibility index (Phi) is 4.97. The highest BCUT2D eigenvalue weighted by Gasteiger charge is 2.30. The summed E-state index contributed by atoms with van der Waals surface area (Å²) >= 11 is 3.10. The number of amides is 1. The summed E-state index contributed by atoms with van der Waals surface area (Å²) in [6.45, 7) is 2.09. The highest BCUT2D eigenvalue weighted by molar-refractivity contribution is 8.18. The van der Waals surface area contributed by atoms with Gasteiger partial charge in [0, 0.05) is 16.8 Å². The van der Waals surface area contributed by atoms with Crippen molar-refractivity contribution in [3.8, 4) is 10.4 Å². The molecule has 1 aliphatic heterocycles. The Hall–Kier alpha value is -2.63. The van der Waals surface area contributed by atoms with Gasteiger partial charge in [0.1, 0.15) is 0 Å².